The van der Waals surface area contributed by atoms with Crippen LogP contribution in [0.4, 0.5) is 5.69 Å². The van der Waals surface area contributed by atoms with E-state index in [1.54, 1.807) is 24.3 Å². The maximum atomic E-state index is 13.7. The molecule has 0 bridgehead atoms. The predicted molar refractivity (Wildman–Crippen MR) is 147 cm³/mol. The summed E-state index contributed by atoms with van der Waals surface area (Å²) in [6, 6.07) is 13.6. The third kappa shape index (κ3) is 4.72. The highest BCUT2D eigenvalue weighted by Crippen LogP contribution is 2.51. The molecule has 2 saturated heterocycles. The minimum Gasteiger partial charge on any atom is -0.507 e. The van der Waals surface area contributed by atoms with Crippen LogP contribution in [0.5, 0.6) is 5.75 Å². The topological polar surface area (TPSA) is 107 Å². The van der Waals surface area contributed by atoms with Gasteiger partial charge in [0.05, 0.1) is 30.2 Å². The Hall–Kier alpha value is -3.20. The number of fused-ring (bicyclic) bond motifs is 3. The van der Waals surface area contributed by atoms with E-state index < -0.39 is 19.0 Å². The molecule has 2 heterocycles. The maximum Gasteiger partial charge on any atom is 0.488 e. The number of anilines is 1. The van der Waals surface area contributed by atoms with Gasteiger partial charge in [-0.2, -0.15) is 0 Å². The lowest BCUT2D eigenvalue weighted by atomic mass is 9.69. The van der Waals surface area contributed by atoms with Gasteiger partial charge in [0.15, 0.2) is 0 Å². The number of allylic oxidation sites excluding steroid dienone is 2. The number of hydrogen-bond acceptors (Lipinski definition) is 6. The van der Waals surface area contributed by atoms with E-state index in [1.165, 1.54) is 27.7 Å². The first kappa shape index (κ1) is 26.4. The fourth-order valence-corrected chi connectivity index (χ4v) is 6.39. The first-order valence-electron chi connectivity index (χ1n) is 13.5. The van der Waals surface area contributed by atoms with E-state index in [0.717, 1.165) is 31.2 Å². The summed E-state index contributed by atoms with van der Waals surface area (Å²) in [7, 11) is -1.68. The molecule has 198 valence electrons. The van der Waals surface area contributed by atoms with E-state index in [2.05, 4.69) is 13.8 Å². The molecule has 0 radical (unpaired) electrons. The number of benzene rings is 2. The van der Waals surface area contributed by atoms with Gasteiger partial charge < -0.3 is 19.9 Å². The van der Waals surface area contributed by atoms with Crippen molar-refractivity contribution in [3.8, 4) is 5.75 Å². The number of hydrogen-bond donors (Lipinski definition) is 3. The largest absolute Gasteiger partial charge is 0.507 e. The van der Waals surface area contributed by atoms with Crippen molar-refractivity contribution in [1.82, 2.24) is 0 Å². The van der Waals surface area contributed by atoms with Gasteiger partial charge in [-0.25, -0.2) is 0 Å². The van der Waals surface area contributed by atoms with Crippen LogP contribution in [0.2, 0.25) is 0 Å². The minimum atomic E-state index is -1.68. The summed E-state index contributed by atoms with van der Waals surface area (Å²) in [6.45, 7) is 4.61. The lowest BCUT2D eigenvalue weighted by Crippen LogP contribution is -2.35. The van der Waals surface area contributed by atoms with Crippen molar-refractivity contribution in [1.29, 1.82) is 0 Å². The van der Waals surface area contributed by atoms with Gasteiger partial charge in [0, 0.05) is 11.5 Å². The van der Waals surface area contributed by atoms with E-state index in [9.17, 15) is 24.7 Å². The molecule has 4 atom stereocenters. The second kappa shape index (κ2) is 10.9. The van der Waals surface area contributed by atoms with Gasteiger partial charge in [0.25, 0.3) is 0 Å². The van der Waals surface area contributed by atoms with Gasteiger partial charge in [0.1, 0.15) is 5.75 Å². The number of nitrogens with zero attached hydrogens (tertiary/aromatic N) is 1. The Morgan fingerprint density at radius 1 is 1.08 bits per heavy atom. The Morgan fingerprint density at radius 3 is 2.58 bits per heavy atom. The number of para-hydroxylation sites is 1. The van der Waals surface area contributed by atoms with E-state index >= 15 is 0 Å². The maximum absolute atomic E-state index is 13.7. The molecule has 3 aliphatic rings. The highest BCUT2D eigenvalue weighted by Gasteiger charge is 2.57. The summed E-state index contributed by atoms with van der Waals surface area (Å²) in [5, 5.41) is 29.3. The molecule has 8 heteroatoms. The molecule has 1 aliphatic carbocycles. The van der Waals surface area contributed by atoms with Crippen LogP contribution in [0.25, 0.3) is 6.08 Å². The standard InChI is InChI=1S/C30H34BNO6/c1-3-18(14-20-8-5-6-11-25(20)33)12-13-26-27-19(4-2)15-23-28(24(27)17-38-26)30(35)32(29(23)34)22-10-7-9-21(16-22)31(36)37/h5-11,14,16,23-24,26,28,33,36-37H,3-4,12-13,15,17H2,1-2H3/b18-14+/t23-,24+,26-,28-/m1/s1. The van der Waals surface area contributed by atoms with Crippen molar-refractivity contribution in [2.45, 2.75) is 52.1 Å². The number of carbonyl (C=O) groups is 2. The van der Waals surface area contributed by atoms with E-state index in [1.807, 2.05) is 24.3 Å². The molecule has 2 aliphatic heterocycles. The zero-order valence-corrected chi connectivity index (χ0v) is 21.8. The molecule has 2 aromatic rings. The third-order valence-electron chi connectivity index (χ3n) is 8.34. The van der Waals surface area contributed by atoms with Gasteiger partial charge in [-0.05, 0) is 61.3 Å². The average Bonchev–Trinajstić information content (AvgIpc) is 3.45. The van der Waals surface area contributed by atoms with Crippen molar-refractivity contribution >= 4 is 36.2 Å². The van der Waals surface area contributed by atoms with Crippen molar-refractivity contribution in [2.75, 3.05) is 11.5 Å². The van der Waals surface area contributed by atoms with Gasteiger partial charge in [-0.1, -0.05) is 61.4 Å². The summed E-state index contributed by atoms with van der Waals surface area (Å²) < 4.78 is 6.30. The normalized spacial score (nSPS) is 25.2. The smallest absolute Gasteiger partial charge is 0.488 e. The molecule has 0 saturated carbocycles. The molecule has 0 spiro atoms. The van der Waals surface area contributed by atoms with Crippen LogP contribution in [0, 0.1) is 17.8 Å². The number of amides is 2. The SMILES string of the molecule is CCC1=C2[C@@H](CC/C(=C/c3ccccc3O)CC)OC[C@@H]2[C@@H]2C(=O)N(c3cccc(B(O)O)c3)C(=O)[C@@H]2C1. The highest BCUT2D eigenvalue weighted by molar-refractivity contribution is 6.58. The molecule has 5 rings (SSSR count). The molecule has 7 nitrogen and oxygen atoms in total. The monoisotopic (exact) mass is 515 g/mol. The number of imide groups is 1. The minimum absolute atomic E-state index is 0.0972. The molecule has 2 fully saturated rings. The van der Waals surface area contributed by atoms with Crippen LogP contribution in [0.1, 0.15) is 51.5 Å². The Kier molecular flexibility index (Phi) is 7.57. The summed E-state index contributed by atoms with van der Waals surface area (Å²) in [5.74, 6) is -1.23. The third-order valence-corrected chi connectivity index (χ3v) is 8.34. The predicted octanol–water partition coefficient (Wildman–Crippen LogP) is 3.58. The number of rotatable bonds is 8. The van der Waals surface area contributed by atoms with Gasteiger partial charge in [0.2, 0.25) is 11.8 Å². The summed E-state index contributed by atoms with van der Waals surface area (Å²) >= 11 is 0. The van der Waals surface area contributed by atoms with Crippen LogP contribution < -0.4 is 10.4 Å². The Bertz CT molecular complexity index is 1300. The summed E-state index contributed by atoms with van der Waals surface area (Å²) in [5.41, 5.74) is 5.03. The molecular weight excluding hydrogens is 481 g/mol. The second-order valence-corrected chi connectivity index (χ2v) is 10.4. The Balaban J connectivity index is 1.37. The Labute approximate surface area is 223 Å². The van der Waals surface area contributed by atoms with Gasteiger partial charge in [-0.3, -0.25) is 14.5 Å². The molecule has 2 amide bonds. The van der Waals surface area contributed by atoms with E-state index in [4.69, 9.17) is 4.74 Å². The van der Waals surface area contributed by atoms with Crippen LogP contribution in [-0.2, 0) is 14.3 Å². The lowest BCUT2D eigenvalue weighted by molar-refractivity contribution is -0.122. The van der Waals surface area contributed by atoms with Crippen LogP contribution in [0.3, 0.4) is 0 Å². The lowest BCUT2D eigenvalue weighted by Gasteiger charge is -2.31. The van der Waals surface area contributed by atoms with E-state index in [-0.39, 0.29) is 35.0 Å². The molecular formula is C30H34BNO6. The molecule has 0 unspecified atom stereocenters. The number of ether oxygens (including phenoxy) is 1. The second-order valence-electron chi connectivity index (χ2n) is 10.4. The number of phenolic OH excluding ortho intramolecular Hbond substituents is 1. The van der Waals surface area contributed by atoms with Gasteiger partial charge >= 0.3 is 7.12 Å². The molecule has 3 N–H and O–H groups in total. The van der Waals surface area contributed by atoms with Crippen LogP contribution in [0.15, 0.2) is 65.3 Å². The van der Waals surface area contributed by atoms with Crippen LogP contribution in [-0.4, -0.2) is 46.8 Å². The number of carbonyl (C=O) groups excluding carboxylic acids is 2. The quantitative estimate of drug-likeness (QED) is 0.282. The summed E-state index contributed by atoms with van der Waals surface area (Å²) in [6.07, 6.45) is 5.75. The van der Waals surface area contributed by atoms with E-state index in [0.29, 0.717) is 18.7 Å². The first-order valence-corrected chi connectivity index (χ1v) is 13.5. The van der Waals surface area contributed by atoms with Crippen molar-refractivity contribution < 1.29 is 29.5 Å². The van der Waals surface area contributed by atoms with Crippen molar-refractivity contribution in [3.05, 3.63) is 70.8 Å². The summed E-state index contributed by atoms with van der Waals surface area (Å²) in [4.78, 5) is 28.4. The zero-order valence-electron chi connectivity index (χ0n) is 21.8. The first-order chi connectivity index (χ1) is 18.3. The highest BCUT2D eigenvalue weighted by atomic mass is 16.5. The average molecular weight is 515 g/mol. The van der Waals surface area contributed by atoms with Crippen molar-refractivity contribution in [2.24, 2.45) is 17.8 Å². The zero-order chi connectivity index (χ0) is 27.0. The fraction of sp³-hybridized carbons (Fsp3) is 0.400. The Morgan fingerprint density at radius 2 is 1.87 bits per heavy atom. The molecule has 0 aromatic heterocycles. The van der Waals surface area contributed by atoms with Crippen molar-refractivity contribution in [3.63, 3.8) is 0 Å². The molecule has 2 aromatic carbocycles. The number of aromatic hydroxyl groups is 1. The molecule has 38 heavy (non-hydrogen) atoms. The number of phenols is 1. The van der Waals surface area contributed by atoms with Crippen LogP contribution >= 0.6 is 0 Å². The van der Waals surface area contributed by atoms with Gasteiger partial charge in [-0.15, -0.1) is 0 Å². The fourth-order valence-electron chi connectivity index (χ4n) is 6.39.